The molecular formula is C11H20N4O2S. The molecule has 102 valence electrons. The largest absolute Gasteiger partial charge is 0.315 e. The van der Waals surface area contributed by atoms with Crippen LogP contribution in [0.1, 0.15) is 19.8 Å². The highest BCUT2D eigenvalue weighted by Gasteiger charge is 2.33. The molecule has 0 amide bonds. The van der Waals surface area contributed by atoms with Gasteiger partial charge in [0.2, 0.25) is 10.0 Å². The van der Waals surface area contributed by atoms with Gasteiger partial charge in [-0.25, -0.2) is 8.42 Å². The summed E-state index contributed by atoms with van der Waals surface area (Å²) < 4.78 is 28.3. The second kappa shape index (κ2) is 5.38. The molecule has 1 aromatic heterocycles. The Bertz CT molecular complexity index is 491. The number of hydrogen-bond donors (Lipinski definition) is 1. The van der Waals surface area contributed by atoms with Gasteiger partial charge in [-0.15, -0.1) is 0 Å². The van der Waals surface area contributed by atoms with E-state index >= 15 is 0 Å². The standard InChI is InChI=1S/C11H20N4O2S/c1-3-6-15(10-4-5-12-7-10)18(16,17)11-8-13-14(2)9-11/h8-10,12H,3-7H2,1-2H3. The molecule has 1 saturated heterocycles. The molecule has 1 fully saturated rings. The first-order valence-corrected chi connectivity index (χ1v) is 7.71. The van der Waals surface area contributed by atoms with Gasteiger partial charge in [-0.3, -0.25) is 4.68 Å². The zero-order valence-corrected chi connectivity index (χ0v) is 11.7. The second-order valence-electron chi connectivity index (χ2n) is 4.61. The zero-order valence-electron chi connectivity index (χ0n) is 10.8. The summed E-state index contributed by atoms with van der Waals surface area (Å²) in [5.41, 5.74) is 0. The first-order valence-electron chi connectivity index (χ1n) is 6.27. The van der Waals surface area contributed by atoms with E-state index in [1.165, 1.54) is 10.9 Å². The maximum absolute atomic E-state index is 12.6. The maximum atomic E-state index is 12.6. The Morgan fingerprint density at radius 2 is 2.39 bits per heavy atom. The summed E-state index contributed by atoms with van der Waals surface area (Å²) in [7, 11) is -1.69. The molecule has 1 aliphatic rings. The molecular weight excluding hydrogens is 252 g/mol. The van der Waals surface area contributed by atoms with Crippen LogP contribution in [0.4, 0.5) is 0 Å². The first kappa shape index (κ1) is 13.5. The van der Waals surface area contributed by atoms with Crippen LogP contribution in [0.25, 0.3) is 0 Å². The van der Waals surface area contributed by atoms with E-state index in [-0.39, 0.29) is 10.9 Å². The lowest BCUT2D eigenvalue weighted by Gasteiger charge is -2.26. The van der Waals surface area contributed by atoms with Crippen molar-refractivity contribution >= 4 is 10.0 Å². The molecule has 2 heterocycles. The molecule has 0 spiro atoms. The number of rotatable bonds is 5. The maximum Gasteiger partial charge on any atom is 0.246 e. The van der Waals surface area contributed by atoms with Crippen LogP contribution in [0, 0.1) is 0 Å². The van der Waals surface area contributed by atoms with Crippen LogP contribution in [0.3, 0.4) is 0 Å². The zero-order chi connectivity index (χ0) is 13.2. The summed E-state index contributed by atoms with van der Waals surface area (Å²) in [6.07, 6.45) is 4.66. The van der Waals surface area contributed by atoms with E-state index in [1.54, 1.807) is 17.5 Å². The van der Waals surface area contributed by atoms with E-state index in [1.807, 2.05) is 6.92 Å². The average molecular weight is 272 g/mol. The molecule has 0 aliphatic carbocycles. The first-order chi connectivity index (χ1) is 8.55. The molecule has 0 radical (unpaired) electrons. The molecule has 0 aromatic carbocycles. The van der Waals surface area contributed by atoms with Crippen LogP contribution in [-0.4, -0.2) is 48.2 Å². The van der Waals surface area contributed by atoms with E-state index in [2.05, 4.69) is 10.4 Å². The summed E-state index contributed by atoms with van der Waals surface area (Å²) in [4.78, 5) is 0.283. The van der Waals surface area contributed by atoms with Gasteiger partial charge >= 0.3 is 0 Å². The third-order valence-electron chi connectivity index (χ3n) is 3.17. The fourth-order valence-electron chi connectivity index (χ4n) is 2.27. The van der Waals surface area contributed by atoms with Crippen molar-refractivity contribution < 1.29 is 8.42 Å². The van der Waals surface area contributed by atoms with Gasteiger partial charge in [-0.1, -0.05) is 6.92 Å². The van der Waals surface area contributed by atoms with Gasteiger partial charge < -0.3 is 5.32 Å². The van der Waals surface area contributed by atoms with Gasteiger partial charge in [0.05, 0.1) is 6.20 Å². The molecule has 18 heavy (non-hydrogen) atoms. The second-order valence-corrected chi connectivity index (χ2v) is 6.50. The summed E-state index contributed by atoms with van der Waals surface area (Å²) >= 11 is 0. The molecule has 1 aromatic rings. The normalized spacial score (nSPS) is 20.7. The monoisotopic (exact) mass is 272 g/mol. The number of sulfonamides is 1. The quantitative estimate of drug-likeness (QED) is 0.830. The van der Waals surface area contributed by atoms with Gasteiger partial charge in [0.15, 0.2) is 0 Å². The number of nitrogens with one attached hydrogen (secondary N) is 1. The Morgan fingerprint density at radius 3 is 2.89 bits per heavy atom. The predicted molar refractivity (Wildman–Crippen MR) is 68.7 cm³/mol. The van der Waals surface area contributed by atoms with Crippen molar-refractivity contribution in [3.05, 3.63) is 12.4 Å². The summed E-state index contributed by atoms with van der Waals surface area (Å²) in [5.74, 6) is 0. The van der Waals surface area contributed by atoms with Crippen molar-refractivity contribution in [2.45, 2.75) is 30.7 Å². The van der Waals surface area contributed by atoms with Crippen LogP contribution in [0.5, 0.6) is 0 Å². The van der Waals surface area contributed by atoms with Crippen molar-refractivity contribution in [2.24, 2.45) is 7.05 Å². The van der Waals surface area contributed by atoms with Crippen LogP contribution >= 0.6 is 0 Å². The smallest absolute Gasteiger partial charge is 0.246 e. The fourth-order valence-corrected chi connectivity index (χ4v) is 4.00. The van der Waals surface area contributed by atoms with Crippen molar-refractivity contribution in [3.8, 4) is 0 Å². The van der Waals surface area contributed by atoms with E-state index in [4.69, 9.17) is 0 Å². The van der Waals surface area contributed by atoms with E-state index < -0.39 is 10.0 Å². The topological polar surface area (TPSA) is 67.2 Å². The van der Waals surface area contributed by atoms with Gasteiger partial charge in [0, 0.05) is 32.4 Å². The minimum Gasteiger partial charge on any atom is -0.315 e. The number of aryl methyl sites for hydroxylation is 1. The lowest BCUT2D eigenvalue weighted by atomic mass is 10.2. The highest BCUT2D eigenvalue weighted by molar-refractivity contribution is 7.89. The molecule has 1 N–H and O–H groups in total. The van der Waals surface area contributed by atoms with Crippen molar-refractivity contribution in [1.29, 1.82) is 0 Å². The molecule has 6 nitrogen and oxygen atoms in total. The van der Waals surface area contributed by atoms with Gasteiger partial charge in [0.25, 0.3) is 0 Å². The molecule has 7 heteroatoms. The Kier molecular flexibility index (Phi) is 4.04. The Labute approximate surface area is 108 Å². The lowest BCUT2D eigenvalue weighted by Crippen LogP contribution is -2.41. The van der Waals surface area contributed by atoms with Crippen LogP contribution < -0.4 is 5.32 Å². The molecule has 1 aliphatic heterocycles. The van der Waals surface area contributed by atoms with Crippen LogP contribution in [0.2, 0.25) is 0 Å². The SMILES string of the molecule is CCCN(C1CCNC1)S(=O)(=O)c1cnn(C)c1. The predicted octanol–water partition coefficient (Wildman–Crippen LogP) is 0.183. The number of nitrogens with zero attached hydrogens (tertiary/aromatic N) is 3. The molecule has 0 bridgehead atoms. The van der Waals surface area contributed by atoms with Crippen molar-refractivity contribution in [1.82, 2.24) is 19.4 Å². The highest BCUT2D eigenvalue weighted by Crippen LogP contribution is 2.20. The third kappa shape index (κ3) is 2.57. The Balaban J connectivity index is 2.28. The Morgan fingerprint density at radius 1 is 1.61 bits per heavy atom. The third-order valence-corrected chi connectivity index (χ3v) is 5.08. The molecule has 1 atom stereocenters. The summed E-state index contributed by atoms with van der Waals surface area (Å²) in [6, 6.07) is 0.0650. The van der Waals surface area contributed by atoms with Crippen molar-refractivity contribution in [2.75, 3.05) is 19.6 Å². The summed E-state index contributed by atoms with van der Waals surface area (Å²) in [6.45, 7) is 4.17. The molecule has 2 rings (SSSR count). The van der Waals surface area contributed by atoms with E-state index in [0.717, 1.165) is 25.9 Å². The highest BCUT2D eigenvalue weighted by atomic mass is 32.2. The van der Waals surface area contributed by atoms with E-state index in [9.17, 15) is 8.42 Å². The van der Waals surface area contributed by atoms with Crippen molar-refractivity contribution in [3.63, 3.8) is 0 Å². The van der Waals surface area contributed by atoms with Gasteiger partial charge in [-0.2, -0.15) is 9.40 Å². The average Bonchev–Trinajstić information content (AvgIpc) is 2.96. The lowest BCUT2D eigenvalue weighted by molar-refractivity contribution is 0.335. The van der Waals surface area contributed by atoms with Gasteiger partial charge in [0.1, 0.15) is 4.90 Å². The number of hydrogen-bond acceptors (Lipinski definition) is 4. The number of aromatic nitrogens is 2. The minimum atomic E-state index is -3.42. The Hall–Kier alpha value is -0.920. The minimum absolute atomic E-state index is 0.0650. The molecule has 1 unspecified atom stereocenters. The van der Waals surface area contributed by atoms with E-state index in [0.29, 0.717) is 6.54 Å². The summed E-state index contributed by atoms with van der Waals surface area (Å²) in [5, 5.41) is 7.16. The van der Waals surface area contributed by atoms with Gasteiger partial charge in [-0.05, 0) is 19.4 Å². The van der Waals surface area contributed by atoms with Crippen LogP contribution in [0.15, 0.2) is 17.3 Å². The van der Waals surface area contributed by atoms with Crippen LogP contribution in [-0.2, 0) is 17.1 Å². The molecule has 0 saturated carbocycles. The fraction of sp³-hybridized carbons (Fsp3) is 0.727.